The Labute approximate surface area is 206 Å². The number of amides is 1. The average molecular weight is 490 g/mol. The summed E-state index contributed by atoms with van der Waals surface area (Å²) in [7, 11) is 0. The highest BCUT2D eigenvalue weighted by atomic mass is 32.1. The van der Waals surface area contributed by atoms with Crippen molar-refractivity contribution in [3.8, 4) is 0 Å². The molecule has 3 atom stereocenters. The second kappa shape index (κ2) is 9.58. The predicted molar refractivity (Wildman–Crippen MR) is 132 cm³/mol. The largest absolute Gasteiger partial charge is 0.465 e. The Kier molecular flexibility index (Phi) is 6.34. The van der Waals surface area contributed by atoms with Gasteiger partial charge in [-0.25, -0.2) is 4.39 Å². The first-order valence-electron chi connectivity index (χ1n) is 11.6. The number of halogens is 1. The molecule has 2 heterocycles. The highest BCUT2D eigenvalue weighted by Gasteiger charge is 2.50. The van der Waals surface area contributed by atoms with Crippen molar-refractivity contribution >= 4 is 34.7 Å². The summed E-state index contributed by atoms with van der Waals surface area (Å²) >= 11 is 1.48. The smallest absolute Gasteiger partial charge is 0.317 e. The summed E-state index contributed by atoms with van der Waals surface area (Å²) in [5.41, 5.74) is 2.39. The van der Waals surface area contributed by atoms with Gasteiger partial charge in [-0.2, -0.15) is 0 Å². The topological polar surface area (TPSA) is 63.7 Å². The number of para-hydroxylation sites is 1. The summed E-state index contributed by atoms with van der Waals surface area (Å²) in [6, 6.07) is 18.9. The standard InChI is InChI=1S/C28H24FNO4S/c1-2-34-28(33)26-21(23-9-6-14-35-23)15-22-25(27(26)32)20(17-10-12-18(29)13-11-17)16-24(31)30(22)19-7-4-3-5-8-19/h3-14,20-21,26H,2,15-16H2,1H3/t20-,21+,26+/m1/s1. The number of carbonyl (C=O) groups is 3. The van der Waals surface area contributed by atoms with Gasteiger partial charge in [-0.1, -0.05) is 36.4 Å². The van der Waals surface area contributed by atoms with E-state index in [0.717, 1.165) is 4.88 Å². The van der Waals surface area contributed by atoms with Crippen molar-refractivity contribution in [2.45, 2.75) is 31.6 Å². The van der Waals surface area contributed by atoms with Crippen LogP contribution >= 0.6 is 11.3 Å². The Morgan fingerprint density at radius 1 is 1.03 bits per heavy atom. The van der Waals surface area contributed by atoms with E-state index in [1.807, 2.05) is 47.8 Å². The summed E-state index contributed by atoms with van der Waals surface area (Å²) in [6.07, 6.45) is 0.383. The summed E-state index contributed by atoms with van der Waals surface area (Å²) in [5.74, 6) is -3.42. The molecule has 0 spiro atoms. The van der Waals surface area contributed by atoms with Gasteiger partial charge in [0.25, 0.3) is 0 Å². The van der Waals surface area contributed by atoms with Gasteiger partial charge in [0.1, 0.15) is 11.7 Å². The van der Waals surface area contributed by atoms with Crippen LogP contribution in [0.2, 0.25) is 0 Å². The van der Waals surface area contributed by atoms with Gasteiger partial charge >= 0.3 is 5.97 Å². The number of carbonyl (C=O) groups excluding carboxylic acids is 3. The van der Waals surface area contributed by atoms with Crippen molar-refractivity contribution < 1.29 is 23.5 Å². The van der Waals surface area contributed by atoms with Crippen molar-refractivity contribution in [1.29, 1.82) is 0 Å². The number of hydrogen-bond acceptors (Lipinski definition) is 5. The van der Waals surface area contributed by atoms with Crippen LogP contribution in [-0.4, -0.2) is 24.3 Å². The van der Waals surface area contributed by atoms with Crippen molar-refractivity contribution in [2.24, 2.45) is 5.92 Å². The molecule has 1 aromatic heterocycles. The third kappa shape index (κ3) is 4.21. The number of hydrogen-bond donors (Lipinski definition) is 0. The lowest BCUT2D eigenvalue weighted by atomic mass is 9.69. The lowest BCUT2D eigenvalue weighted by Crippen LogP contribution is -2.46. The Morgan fingerprint density at radius 2 is 1.77 bits per heavy atom. The normalized spacial score (nSPS) is 22.2. The molecule has 5 nitrogen and oxygen atoms in total. The molecule has 0 radical (unpaired) electrons. The Balaban J connectivity index is 1.71. The van der Waals surface area contributed by atoms with Gasteiger partial charge in [0.15, 0.2) is 5.78 Å². The van der Waals surface area contributed by atoms with E-state index in [2.05, 4.69) is 0 Å². The Bertz CT molecular complexity index is 1280. The van der Waals surface area contributed by atoms with Crippen LogP contribution < -0.4 is 4.90 Å². The quantitative estimate of drug-likeness (QED) is 0.346. The molecule has 0 unspecified atom stereocenters. The molecule has 1 aliphatic carbocycles. The minimum absolute atomic E-state index is 0.0459. The van der Waals surface area contributed by atoms with E-state index in [0.29, 0.717) is 28.9 Å². The molecular weight excluding hydrogens is 465 g/mol. The maximum atomic E-state index is 14.1. The molecule has 0 bridgehead atoms. The zero-order chi connectivity index (χ0) is 24.5. The third-order valence-electron chi connectivity index (χ3n) is 6.66. The first-order valence-corrected chi connectivity index (χ1v) is 12.5. The molecule has 0 fully saturated rings. The van der Waals surface area contributed by atoms with Crippen LogP contribution in [0.4, 0.5) is 10.1 Å². The molecule has 35 heavy (non-hydrogen) atoms. The maximum absolute atomic E-state index is 14.1. The first-order chi connectivity index (χ1) is 17.0. The minimum atomic E-state index is -0.999. The highest BCUT2D eigenvalue weighted by molar-refractivity contribution is 7.10. The molecule has 178 valence electrons. The number of nitrogens with zero attached hydrogens (tertiary/aromatic N) is 1. The summed E-state index contributed by atoms with van der Waals surface area (Å²) < 4.78 is 19.0. The van der Waals surface area contributed by atoms with Gasteiger partial charge in [-0.05, 0) is 54.6 Å². The Morgan fingerprint density at radius 3 is 2.43 bits per heavy atom. The number of thiophene rings is 1. The van der Waals surface area contributed by atoms with Gasteiger partial charge in [-0.15, -0.1) is 11.3 Å². The maximum Gasteiger partial charge on any atom is 0.317 e. The van der Waals surface area contributed by atoms with Crippen molar-refractivity contribution in [3.05, 3.63) is 99.6 Å². The van der Waals surface area contributed by atoms with E-state index in [1.54, 1.807) is 24.0 Å². The minimum Gasteiger partial charge on any atom is -0.465 e. The van der Waals surface area contributed by atoms with Crippen LogP contribution in [0.3, 0.4) is 0 Å². The lowest BCUT2D eigenvalue weighted by molar-refractivity contribution is -0.152. The van der Waals surface area contributed by atoms with Crippen LogP contribution in [0.25, 0.3) is 0 Å². The van der Waals surface area contributed by atoms with E-state index in [4.69, 9.17) is 4.74 Å². The van der Waals surface area contributed by atoms with Gasteiger partial charge in [0.2, 0.25) is 5.91 Å². The fraction of sp³-hybridized carbons (Fsp3) is 0.250. The van der Waals surface area contributed by atoms with Gasteiger partial charge in [0, 0.05) is 40.1 Å². The number of allylic oxidation sites excluding steroid dienone is 2. The summed E-state index contributed by atoms with van der Waals surface area (Å²) in [6.45, 7) is 1.88. The van der Waals surface area contributed by atoms with Crippen LogP contribution in [-0.2, 0) is 19.1 Å². The second-order valence-corrected chi connectivity index (χ2v) is 9.63. The van der Waals surface area contributed by atoms with Crippen LogP contribution in [0.15, 0.2) is 83.4 Å². The predicted octanol–water partition coefficient (Wildman–Crippen LogP) is 5.60. The fourth-order valence-corrected chi connectivity index (χ4v) is 6.02. The van der Waals surface area contributed by atoms with Gasteiger partial charge in [-0.3, -0.25) is 19.3 Å². The zero-order valence-corrected chi connectivity index (χ0v) is 20.0. The van der Waals surface area contributed by atoms with Crippen LogP contribution in [0.5, 0.6) is 0 Å². The molecule has 1 amide bonds. The molecule has 0 saturated carbocycles. The number of anilines is 1. The number of ether oxygens (including phenoxy) is 1. The molecule has 3 aromatic rings. The van der Waals surface area contributed by atoms with Gasteiger partial charge in [0.05, 0.1) is 6.61 Å². The monoisotopic (exact) mass is 489 g/mol. The number of Topliss-reactive ketones (excluding diaryl/α,β-unsaturated/α-hetero) is 1. The lowest BCUT2D eigenvalue weighted by Gasteiger charge is -2.42. The molecule has 5 rings (SSSR count). The van der Waals surface area contributed by atoms with Crippen LogP contribution in [0.1, 0.15) is 42.0 Å². The zero-order valence-electron chi connectivity index (χ0n) is 19.1. The van der Waals surface area contributed by atoms with Crippen molar-refractivity contribution in [1.82, 2.24) is 0 Å². The molecule has 7 heteroatoms. The van der Waals surface area contributed by atoms with E-state index >= 15 is 0 Å². The van der Waals surface area contributed by atoms with E-state index < -0.39 is 29.5 Å². The molecule has 1 aliphatic heterocycles. The number of benzene rings is 2. The molecule has 2 aromatic carbocycles. The van der Waals surface area contributed by atoms with E-state index in [-0.39, 0.29) is 24.7 Å². The van der Waals surface area contributed by atoms with Crippen molar-refractivity contribution in [2.75, 3.05) is 11.5 Å². The van der Waals surface area contributed by atoms with Crippen molar-refractivity contribution in [3.63, 3.8) is 0 Å². The molecular formula is C28H24FNO4S. The molecule has 0 saturated heterocycles. The van der Waals surface area contributed by atoms with E-state index in [1.165, 1.54) is 23.5 Å². The summed E-state index contributed by atoms with van der Waals surface area (Å²) in [5, 5.41) is 1.91. The number of ketones is 1. The van der Waals surface area contributed by atoms with Gasteiger partial charge < -0.3 is 4.74 Å². The Hall–Kier alpha value is -3.58. The number of esters is 1. The summed E-state index contributed by atoms with van der Waals surface area (Å²) in [4.78, 5) is 43.3. The fourth-order valence-electron chi connectivity index (χ4n) is 5.16. The highest BCUT2D eigenvalue weighted by Crippen LogP contribution is 2.50. The average Bonchev–Trinajstić information content (AvgIpc) is 3.39. The van der Waals surface area contributed by atoms with Crippen LogP contribution in [0, 0.1) is 11.7 Å². The SMILES string of the molecule is CCOC(=O)[C@@H]1C(=O)C2=C(C[C@H]1c1cccs1)N(c1ccccc1)C(=O)C[C@@H]2c1ccc(F)cc1. The molecule has 0 N–H and O–H groups in total. The molecule has 2 aliphatic rings. The second-order valence-electron chi connectivity index (χ2n) is 8.65. The third-order valence-corrected chi connectivity index (χ3v) is 7.66. The first kappa shape index (κ1) is 23.2. The van der Waals surface area contributed by atoms with E-state index in [9.17, 15) is 18.8 Å². The number of rotatable bonds is 5.